The van der Waals surface area contributed by atoms with Gasteiger partial charge < -0.3 is 0 Å². The Bertz CT molecular complexity index is 1470. The number of hydrogen-bond acceptors (Lipinski definition) is 6. The number of para-hydroxylation sites is 1. The molecule has 2 aromatic heterocycles. The van der Waals surface area contributed by atoms with E-state index in [1.165, 1.54) is 11.3 Å². The smallest absolute Gasteiger partial charge is 0.277 e. The van der Waals surface area contributed by atoms with Gasteiger partial charge in [-0.25, -0.2) is 4.68 Å². The molecule has 0 atom stereocenters. The van der Waals surface area contributed by atoms with E-state index in [2.05, 4.69) is 20.7 Å². The summed E-state index contributed by atoms with van der Waals surface area (Å²) in [7, 11) is 0. The summed E-state index contributed by atoms with van der Waals surface area (Å²) in [5.74, 6) is 0.589. The maximum Gasteiger partial charge on any atom is 0.308 e. The third-order valence-electron chi connectivity index (χ3n) is 4.75. The van der Waals surface area contributed by atoms with Gasteiger partial charge >= 0.3 is 5.56 Å². The van der Waals surface area contributed by atoms with Crippen molar-refractivity contribution in [3.05, 3.63) is 106 Å². The summed E-state index contributed by atoms with van der Waals surface area (Å²) < 4.78 is 3.58. The predicted molar refractivity (Wildman–Crippen MR) is 122 cm³/mol. The minimum absolute atomic E-state index is 0.264. The van der Waals surface area contributed by atoms with Crippen LogP contribution in [0.2, 0.25) is 0 Å². The van der Waals surface area contributed by atoms with E-state index >= 15 is 0 Å². The number of aryl methyl sites for hydroxylation is 1. The van der Waals surface area contributed by atoms with Crippen molar-refractivity contribution in [3.63, 3.8) is 0 Å². The number of anilines is 1. The molecule has 0 fully saturated rings. The van der Waals surface area contributed by atoms with Crippen molar-refractivity contribution in [2.24, 2.45) is 5.10 Å². The summed E-state index contributed by atoms with van der Waals surface area (Å²) >= 11 is 1.19. The molecule has 0 bridgehead atoms. The molecule has 31 heavy (non-hydrogen) atoms. The van der Waals surface area contributed by atoms with Crippen LogP contribution in [0.4, 0.5) is 5.69 Å². The molecule has 0 saturated heterocycles. The fraction of sp³-hybridized carbons (Fsp3) is 0.0435. The van der Waals surface area contributed by atoms with Crippen molar-refractivity contribution in [3.8, 4) is 17.1 Å². The molecule has 2 heterocycles. The number of fused-ring (bicyclic) bond motifs is 1. The highest BCUT2D eigenvalue weighted by Crippen LogP contribution is 2.19. The monoisotopic (exact) mass is 426 g/mol. The lowest BCUT2D eigenvalue weighted by Crippen LogP contribution is -2.36. The van der Waals surface area contributed by atoms with Crippen LogP contribution in [-0.4, -0.2) is 19.4 Å². The molecule has 0 spiro atoms. The summed E-state index contributed by atoms with van der Waals surface area (Å²) in [6.45, 7) is 2.02. The van der Waals surface area contributed by atoms with E-state index in [1.807, 2.05) is 91.9 Å². The van der Waals surface area contributed by atoms with Crippen LogP contribution in [-0.2, 0) is 0 Å². The molecule has 7 nitrogen and oxygen atoms in total. The van der Waals surface area contributed by atoms with Gasteiger partial charge in [-0.2, -0.15) is 9.62 Å². The summed E-state index contributed by atoms with van der Waals surface area (Å²) in [4.78, 5) is 14.1. The molecule has 8 heteroatoms. The molecule has 152 valence electrons. The maximum absolute atomic E-state index is 13.5. The van der Waals surface area contributed by atoms with Crippen molar-refractivity contribution >= 4 is 22.0 Å². The number of rotatable bonds is 4. The van der Waals surface area contributed by atoms with Gasteiger partial charge in [-0.05, 0) is 31.2 Å². The Morgan fingerprint density at radius 1 is 0.871 bits per heavy atom. The van der Waals surface area contributed by atoms with Crippen molar-refractivity contribution in [2.45, 2.75) is 6.92 Å². The molecular formula is C23H18N6OS. The molecule has 0 radical (unpaired) electrons. The summed E-state index contributed by atoms with van der Waals surface area (Å²) in [6, 6.07) is 26.9. The lowest BCUT2D eigenvalue weighted by atomic mass is 10.2. The number of nitrogens with one attached hydrogen (secondary N) is 1. The quantitative estimate of drug-likeness (QED) is 0.443. The van der Waals surface area contributed by atoms with Gasteiger partial charge in [0.1, 0.15) is 0 Å². The fourth-order valence-electron chi connectivity index (χ4n) is 3.20. The Labute approximate surface area is 181 Å². The Morgan fingerprint density at radius 2 is 1.55 bits per heavy atom. The normalized spacial score (nSPS) is 11.7. The number of nitrogens with zero attached hydrogens (tertiary/aromatic N) is 5. The Hall–Kier alpha value is -4.04. The zero-order chi connectivity index (χ0) is 21.2. The molecule has 5 aromatic rings. The molecule has 0 amide bonds. The molecule has 0 aliphatic rings. The molecule has 0 unspecified atom stereocenters. The van der Waals surface area contributed by atoms with Crippen molar-refractivity contribution in [2.75, 3.05) is 5.43 Å². The zero-order valence-corrected chi connectivity index (χ0v) is 17.5. The van der Waals surface area contributed by atoms with E-state index in [9.17, 15) is 4.79 Å². The summed E-state index contributed by atoms with van der Waals surface area (Å²) in [6.07, 6.45) is 0. The number of aromatic nitrogens is 4. The van der Waals surface area contributed by atoms with Crippen LogP contribution < -0.4 is 15.7 Å². The Balaban J connectivity index is 1.75. The Kier molecular flexibility index (Phi) is 4.89. The second-order valence-electron chi connectivity index (χ2n) is 6.93. The van der Waals surface area contributed by atoms with Crippen molar-refractivity contribution in [1.82, 2.24) is 19.4 Å². The summed E-state index contributed by atoms with van der Waals surface area (Å²) in [5, 5.41) is 13.1. The highest BCUT2D eigenvalue weighted by Gasteiger charge is 2.16. The number of hydrogen-bond donors (Lipinski definition) is 1. The van der Waals surface area contributed by atoms with E-state index in [4.69, 9.17) is 0 Å². The van der Waals surface area contributed by atoms with Crippen LogP contribution in [0.1, 0.15) is 5.56 Å². The van der Waals surface area contributed by atoms with Gasteiger partial charge in [0.15, 0.2) is 5.82 Å². The van der Waals surface area contributed by atoms with Gasteiger partial charge in [-0.15, -0.1) is 10.2 Å². The van der Waals surface area contributed by atoms with Crippen LogP contribution in [0, 0.1) is 6.92 Å². The summed E-state index contributed by atoms with van der Waals surface area (Å²) in [5.41, 5.74) is 6.24. The first-order valence-electron chi connectivity index (χ1n) is 9.69. The maximum atomic E-state index is 13.5. The second-order valence-corrected chi connectivity index (χ2v) is 7.89. The lowest BCUT2D eigenvalue weighted by molar-refractivity contribution is 0.750. The van der Waals surface area contributed by atoms with Crippen LogP contribution in [0.25, 0.3) is 22.0 Å². The first-order valence-corrected chi connectivity index (χ1v) is 10.5. The third-order valence-corrected chi connectivity index (χ3v) is 5.64. The molecule has 0 aliphatic carbocycles. The molecule has 0 aliphatic heterocycles. The van der Waals surface area contributed by atoms with Crippen LogP contribution in [0.5, 0.6) is 0 Å². The van der Waals surface area contributed by atoms with Crippen molar-refractivity contribution in [1.29, 1.82) is 0 Å². The number of benzene rings is 3. The minimum atomic E-state index is -0.264. The molecule has 5 rings (SSSR count). The van der Waals surface area contributed by atoms with E-state index in [0.717, 1.165) is 16.8 Å². The van der Waals surface area contributed by atoms with Crippen LogP contribution in [0.15, 0.2) is 94.8 Å². The van der Waals surface area contributed by atoms with E-state index in [-0.39, 0.29) is 10.2 Å². The van der Waals surface area contributed by atoms with E-state index < -0.39 is 0 Å². The first kappa shape index (κ1) is 19.0. The third kappa shape index (κ3) is 3.64. The molecule has 1 N–H and O–H groups in total. The SMILES string of the molecule is Cc1ccc(N/N=c2\sc3nnc(-c4ccccc4)n3n(-c3ccccc3)c2=O)cc1. The molecule has 0 saturated carbocycles. The topological polar surface area (TPSA) is 76.6 Å². The van der Waals surface area contributed by atoms with Crippen LogP contribution in [0.3, 0.4) is 0 Å². The average Bonchev–Trinajstić information content (AvgIpc) is 3.23. The average molecular weight is 427 g/mol. The highest BCUT2D eigenvalue weighted by molar-refractivity contribution is 7.14. The van der Waals surface area contributed by atoms with Gasteiger partial charge in [0.2, 0.25) is 9.63 Å². The van der Waals surface area contributed by atoms with Gasteiger partial charge in [-0.3, -0.25) is 10.2 Å². The Morgan fingerprint density at radius 3 is 2.26 bits per heavy atom. The van der Waals surface area contributed by atoms with Gasteiger partial charge in [0, 0.05) is 5.56 Å². The van der Waals surface area contributed by atoms with Gasteiger partial charge in [-0.1, -0.05) is 77.6 Å². The highest BCUT2D eigenvalue weighted by atomic mass is 32.1. The van der Waals surface area contributed by atoms with Crippen molar-refractivity contribution < 1.29 is 0 Å². The fourth-order valence-corrected chi connectivity index (χ4v) is 3.98. The minimum Gasteiger partial charge on any atom is -0.277 e. The van der Waals surface area contributed by atoms with E-state index in [0.29, 0.717) is 16.5 Å². The second kappa shape index (κ2) is 8.00. The van der Waals surface area contributed by atoms with Crippen LogP contribution >= 0.6 is 11.3 Å². The standard InChI is InChI=1S/C23H18N6OS/c1-16-12-14-18(15-13-16)24-26-21-22(30)28(19-10-6-3-7-11-19)29-20(25-27-23(29)31-21)17-8-4-2-5-9-17/h2-15,24H,1H3/b26-21-. The largest absolute Gasteiger partial charge is 0.308 e. The van der Waals surface area contributed by atoms with Gasteiger partial charge in [0.25, 0.3) is 0 Å². The molecule has 3 aromatic carbocycles. The van der Waals surface area contributed by atoms with E-state index in [1.54, 1.807) is 9.20 Å². The zero-order valence-electron chi connectivity index (χ0n) is 16.6. The first-order chi connectivity index (χ1) is 15.2. The lowest BCUT2D eigenvalue weighted by Gasteiger charge is -2.10. The predicted octanol–water partition coefficient (Wildman–Crippen LogP) is 3.84. The van der Waals surface area contributed by atoms with Gasteiger partial charge in [0.05, 0.1) is 11.4 Å². The molecular weight excluding hydrogens is 408 g/mol.